The molecule has 2 N–H and O–H groups in total. The standard InChI is InChI=1S/C20H23N3OS/c1-2-25-19-10-8-16(9-11-19)20-17(14-21-12-13-24)15-23(22-20)18-6-4-3-5-7-18/h3-11,15,21,24H,2,12-14H2,1H3. The number of nitrogens with zero attached hydrogens (tertiary/aromatic N) is 2. The van der Waals surface area contributed by atoms with Gasteiger partial charge in [0.15, 0.2) is 0 Å². The molecule has 0 aliphatic heterocycles. The third kappa shape index (κ3) is 4.51. The Morgan fingerprint density at radius 3 is 2.52 bits per heavy atom. The first-order chi connectivity index (χ1) is 12.3. The molecule has 2 aromatic carbocycles. The normalized spacial score (nSPS) is 11.0. The summed E-state index contributed by atoms with van der Waals surface area (Å²) < 4.78 is 1.92. The van der Waals surface area contributed by atoms with E-state index in [1.165, 1.54) is 4.90 Å². The van der Waals surface area contributed by atoms with Crippen molar-refractivity contribution in [1.29, 1.82) is 0 Å². The minimum Gasteiger partial charge on any atom is -0.395 e. The van der Waals surface area contributed by atoms with Gasteiger partial charge in [0.05, 0.1) is 18.0 Å². The number of aliphatic hydroxyl groups is 1. The van der Waals surface area contributed by atoms with Gasteiger partial charge in [-0.05, 0) is 30.0 Å². The van der Waals surface area contributed by atoms with Crippen molar-refractivity contribution in [1.82, 2.24) is 15.1 Å². The minimum atomic E-state index is 0.130. The van der Waals surface area contributed by atoms with Gasteiger partial charge in [-0.15, -0.1) is 11.8 Å². The highest BCUT2D eigenvalue weighted by atomic mass is 32.2. The Morgan fingerprint density at radius 2 is 1.84 bits per heavy atom. The van der Waals surface area contributed by atoms with Crippen LogP contribution in [0.3, 0.4) is 0 Å². The van der Waals surface area contributed by atoms with Crippen molar-refractivity contribution < 1.29 is 5.11 Å². The van der Waals surface area contributed by atoms with Crippen LogP contribution in [0.15, 0.2) is 65.7 Å². The molecule has 25 heavy (non-hydrogen) atoms. The quantitative estimate of drug-likeness (QED) is 0.478. The first kappa shape index (κ1) is 17.7. The van der Waals surface area contributed by atoms with Gasteiger partial charge in [0.2, 0.25) is 0 Å². The van der Waals surface area contributed by atoms with Crippen LogP contribution in [-0.2, 0) is 6.54 Å². The second-order valence-corrected chi connectivity index (χ2v) is 6.98. The smallest absolute Gasteiger partial charge is 0.0972 e. The van der Waals surface area contributed by atoms with Gasteiger partial charge < -0.3 is 10.4 Å². The molecule has 0 unspecified atom stereocenters. The van der Waals surface area contributed by atoms with E-state index in [9.17, 15) is 0 Å². The van der Waals surface area contributed by atoms with Crippen molar-refractivity contribution in [2.24, 2.45) is 0 Å². The van der Waals surface area contributed by atoms with Crippen LogP contribution in [0.1, 0.15) is 12.5 Å². The zero-order valence-electron chi connectivity index (χ0n) is 14.4. The van der Waals surface area contributed by atoms with E-state index in [0.717, 1.165) is 28.3 Å². The molecule has 0 aliphatic carbocycles. The average Bonchev–Trinajstić information content (AvgIpc) is 3.08. The van der Waals surface area contributed by atoms with E-state index in [4.69, 9.17) is 10.2 Å². The molecular weight excluding hydrogens is 330 g/mol. The topological polar surface area (TPSA) is 50.1 Å². The van der Waals surface area contributed by atoms with Crippen LogP contribution in [0, 0.1) is 0 Å². The highest BCUT2D eigenvalue weighted by Gasteiger charge is 2.12. The van der Waals surface area contributed by atoms with E-state index < -0.39 is 0 Å². The SMILES string of the molecule is CCSc1ccc(-c2nn(-c3ccccc3)cc2CNCCO)cc1. The Kier molecular flexibility index (Phi) is 6.28. The maximum absolute atomic E-state index is 9.01. The number of benzene rings is 2. The zero-order valence-corrected chi connectivity index (χ0v) is 15.2. The van der Waals surface area contributed by atoms with E-state index in [1.54, 1.807) is 0 Å². The van der Waals surface area contributed by atoms with Crippen LogP contribution >= 0.6 is 11.8 Å². The van der Waals surface area contributed by atoms with Crippen LogP contribution in [0.5, 0.6) is 0 Å². The Morgan fingerprint density at radius 1 is 1.08 bits per heavy atom. The third-order valence-corrected chi connectivity index (χ3v) is 4.75. The second kappa shape index (κ2) is 8.85. The van der Waals surface area contributed by atoms with E-state index in [2.05, 4.69) is 42.7 Å². The second-order valence-electron chi connectivity index (χ2n) is 5.64. The van der Waals surface area contributed by atoms with Crippen molar-refractivity contribution in [2.75, 3.05) is 18.9 Å². The lowest BCUT2D eigenvalue weighted by atomic mass is 10.1. The number of aromatic nitrogens is 2. The Hall–Kier alpha value is -2.08. The Labute approximate surface area is 152 Å². The molecule has 0 atom stereocenters. The molecule has 0 radical (unpaired) electrons. The maximum atomic E-state index is 9.01. The molecule has 0 aliphatic rings. The monoisotopic (exact) mass is 353 g/mol. The summed E-state index contributed by atoms with van der Waals surface area (Å²) in [5.74, 6) is 1.07. The van der Waals surface area contributed by atoms with Crippen LogP contribution in [0.2, 0.25) is 0 Å². The van der Waals surface area contributed by atoms with Crippen molar-refractivity contribution in [3.63, 3.8) is 0 Å². The highest BCUT2D eigenvalue weighted by Crippen LogP contribution is 2.26. The largest absolute Gasteiger partial charge is 0.395 e. The van der Waals surface area contributed by atoms with E-state index in [-0.39, 0.29) is 6.61 Å². The number of rotatable bonds is 8. The van der Waals surface area contributed by atoms with Crippen molar-refractivity contribution in [2.45, 2.75) is 18.4 Å². The van der Waals surface area contributed by atoms with Gasteiger partial charge in [-0.25, -0.2) is 4.68 Å². The number of para-hydroxylation sites is 1. The zero-order chi connectivity index (χ0) is 17.5. The summed E-state index contributed by atoms with van der Waals surface area (Å²) in [7, 11) is 0. The fourth-order valence-corrected chi connectivity index (χ4v) is 3.33. The van der Waals surface area contributed by atoms with Crippen molar-refractivity contribution >= 4 is 11.8 Å². The number of nitrogens with one attached hydrogen (secondary N) is 1. The van der Waals surface area contributed by atoms with Gasteiger partial charge in [0.1, 0.15) is 0 Å². The first-order valence-corrected chi connectivity index (χ1v) is 9.49. The number of hydrogen-bond donors (Lipinski definition) is 2. The van der Waals surface area contributed by atoms with Crippen molar-refractivity contribution in [3.05, 3.63) is 66.4 Å². The van der Waals surface area contributed by atoms with Gasteiger partial charge in [0.25, 0.3) is 0 Å². The first-order valence-electron chi connectivity index (χ1n) is 8.50. The molecule has 0 fully saturated rings. The molecular formula is C20H23N3OS. The molecule has 5 heteroatoms. The third-order valence-electron chi connectivity index (χ3n) is 3.85. The Balaban J connectivity index is 1.93. The molecule has 3 aromatic rings. The van der Waals surface area contributed by atoms with Gasteiger partial charge in [0, 0.05) is 35.3 Å². The summed E-state index contributed by atoms with van der Waals surface area (Å²) in [5, 5.41) is 17.1. The average molecular weight is 353 g/mol. The number of thioether (sulfide) groups is 1. The van der Waals surface area contributed by atoms with Gasteiger partial charge in [-0.1, -0.05) is 37.3 Å². The molecule has 3 rings (SSSR count). The number of hydrogen-bond acceptors (Lipinski definition) is 4. The maximum Gasteiger partial charge on any atom is 0.0972 e. The summed E-state index contributed by atoms with van der Waals surface area (Å²) in [5.41, 5.74) is 4.24. The lowest BCUT2D eigenvalue weighted by Crippen LogP contribution is -2.17. The van der Waals surface area contributed by atoms with Crippen LogP contribution in [0.4, 0.5) is 0 Å². The molecule has 4 nitrogen and oxygen atoms in total. The highest BCUT2D eigenvalue weighted by molar-refractivity contribution is 7.99. The predicted molar refractivity (Wildman–Crippen MR) is 104 cm³/mol. The fourth-order valence-electron chi connectivity index (χ4n) is 2.67. The van der Waals surface area contributed by atoms with Crippen molar-refractivity contribution in [3.8, 4) is 16.9 Å². The van der Waals surface area contributed by atoms with Gasteiger partial charge >= 0.3 is 0 Å². The molecule has 0 amide bonds. The summed E-state index contributed by atoms with van der Waals surface area (Å²) >= 11 is 1.84. The Bertz CT molecular complexity index is 784. The summed E-state index contributed by atoms with van der Waals surface area (Å²) in [6.07, 6.45) is 2.06. The number of aliphatic hydroxyl groups excluding tert-OH is 1. The van der Waals surface area contributed by atoms with E-state index in [0.29, 0.717) is 13.1 Å². The summed E-state index contributed by atoms with van der Waals surface area (Å²) in [6.45, 7) is 3.53. The van der Waals surface area contributed by atoms with Gasteiger partial charge in [-0.3, -0.25) is 0 Å². The fraction of sp³-hybridized carbons (Fsp3) is 0.250. The molecule has 0 saturated heterocycles. The van der Waals surface area contributed by atoms with Crippen LogP contribution in [0.25, 0.3) is 16.9 Å². The lowest BCUT2D eigenvalue weighted by molar-refractivity contribution is 0.292. The summed E-state index contributed by atoms with van der Waals surface area (Å²) in [6, 6.07) is 18.7. The molecule has 130 valence electrons. The molecule has 0 saturated carbocycles. The molecule has 1 aromatic heterocycles. The molecule has 1 heterocycles. The predicted octanol–water partition coefficient (Wildman–Crippen LogP) is 3.73. The molecule has 0 bridgehead atoms. The summed E-state index contributed by atoms with van der Waals surface area (Å²) in [4.78, 5) is 1.27. The van der Waals surface area contributed by atoms with Crippen LogP contribution < -0.4 is 5.32 Å². The molecule has 0 spiro atoms. The van der Waals surface area contributed by atoms with Crippen LogP contribution in [-0.4, -0.2) is 33.8 Å². The van der Waals surface area contributed by atoms with E-state index in [1.807, 2.05) is 46.8 Å². The minimum absolute atomic E-state index is 0.130. The lowest BCUT2D eigenvalue weighted by Gasteiger charge is -2.05. The van der Waals surface area contributed by atoms with Gasteiger partial charge in [-0.2, -0.15) is 5.10 Å². The van der Waals surface area contributed by atoms with E-state index >= 15 is 0 Å².